The Kier molecular flexibility index (Phi) is 3.61. The van der Waals surface area contributed by atoms with Crippen LogP contribution in [0.25, 0.3) is 0 Å². The molecule has 0 atom stereocenters. The quantitative estimate of drug-likeness (QED) is 0.920. The van der Waals surface area contributed by atoms with Gasteiger partial charge in [-0.25, -0.2) is 0 Å². The van der Waals surface area contributed by atoms with Crippen molar-refractivity contribution >= 4 is 29.1 Å². The summed E-state index contributed by atoms with van der Waals surface area (Å²) in [6, 6.07) is 4.80. The van der Waals surface area contributed by atoms with Gasteiger partial charge in [0.05, 0.1) is 13.2 Å². The molecule has 1 aliphatic heterocycles. The molecule has 1 fully saturated rings. The van der Waals surface area contributed by atoms with Crippen LogP contribution >= 0.6 is 23.2 Å². The molecule has 1 saturated heterocycles. The molecule has 0 unspecified atom stereocenters. The molecule has 17 heavy (non-hydrogen) atoms. The largest absolute Gasteiger partial charge is 0.380 e. The zero-order chi connectivity index (χ0) is 12.5. The maximum absolute atomic E-state index is 11.9. The van der Waals surface area contributed by atoms with Crippen LogP contribution in [0, 0.1) is 5.41 Å². The van der Waals surface area contributed by atoms with Crippen molar-refractivity contribution in [3.05, 3.63) is 33.8 Å². The van der Waals surface area contributed by atoms with Gasteiger partial charge < -0.3 is 10.1 Å². The fourth-order valence-electron chi connectivity index (χ4n) is 1.63. The lowest BCUT2D eigenvalue weighted by atomic mass is 9.89. The summed E-state index contributed by atoms with van der Waals surface area (Å²) in [6.45, 7) is 4.03. The highest BCUT2D eigenvalue weighted by Gasteiger charge is 2.33. The Morgan fingerprint density at radius 2 is 1.94 bits per heavy atom. The number of ether oxygens (including phenoxy) is 1. The second-order valence-corrected chi connectivity index (χ2v) is 5.52. The van der Waals surface area contributed by atoms with E-state index in [1.165, 1.54) is 0 Å². The molecule has 0 radical (unpaired) electrons. The topological polar surface area (TPSA) is 38.3 Å². The van der Waals surface area contributed by atoms with Crippen molar-refractivity contribution in [3.63, 3.8) is 0 Å². The minimum atomic E-state index is -0.164. The van der Waals surface area contributed by atoms with Crippen LogP contribution in [-0.2, 0) is 4.74 Å². The van der Waals surface area contributed by atoms with Crippen LogP contribution in [0.5, 0.6) is 0 Å². The first kappa shape index (κ1) is 12.7. The van der Waals surface area contributed by atoms with Gasteiger partial charge in [-0.2, -0.15) is 0 Å². The van der Waals surface area contributed by atoms with Gasteiger partial charge in [-0.15, -0.1) is 0 Å². The van der Waals surface area contributed by atoms with Crippen LogP contribution in [0.3, 0.4) is 0 Å². The van der Waals surface area contributed by atoms with Gasteiger partial charge in [0.25, 0.3) is 5.91 Å². The zero-order valence-electron chi connectivity index (χ0n) is 9.43. The first-order valence-electron chi connectivity index (χ1n) is 5.31. The summed E-state index contributed by atoms with van der Waals surface area (Å²) in [5.41, 5.74) is 0.532. The Morgan fingerprint density at radius 1 is 1.35 bits per heavy atom. The normalized spacial score (nSPS) is 17.4. The van der Waals surface area contributed by atoms with Gasteiger partial charge in [0, 0.05) is 27.6 Å². The average Bonchev–Trinajstić information content (AvgIpc) is 2.22. The van der Waals surface area contributed by atoms with Crippen LogP contribution in [-0.4, -0.2) is 25.7 Å². The SMILES string of the molecule is CC1(CNC(=O)c2cc(Cl)cc(Cl)c2)COC1. The molecule has 92 valence electrons. The van der Waals surface area contributed by atoms with E-state index in [1.807, 2.05) is 0 Å². The summed E-state index contributed by atoms with van der Waals surface area (Å²) in [7, 11) is 0. The van der Waals surface area contributed by atoms with Crippen molar-refractivity contribution in [1.29, 1.82) is 0 Å². The molecule has 1 N–H and O–H groups in total. The molecule has 0 bridgehead atoms. The molecule has 1 aliphatic rings. The first-order valence-corrected chi connectivity index (χ1v) is 6.06. The molecular weight excluding hydrogens is 261 g/mol. The van der Waals surface area contributed by atoms with Gasteiger partial charge in [-0.3, -0.25) is 4.79 Å². The zero-order valence-corrected chi connectivity index (χ0v) is 10.9. The Bertz CT molecular complexity index is 424. The van der Waals surface area contributed by atoms with Crippen LogP contribution in [0.4, 0.5) is 0 Å². The summed E-state index contributed by atoms with van der Waals surface area (Å²) in [5, 5.41) is 3.78. The Hall–Kier alpha value is -0.770. The van der Waals surface area contributed by atoms with E-state index in [4.69, 9.17) is 27.9 Å². The van der Waals surface area contributed by atoms with Gasteiger partial charge >= 0.3 is 0 Å². The number of amides is 1. The number of benzene rings is 1. The van der Waals surface area contributed by atoms with E-state index >= 15 is 0 Å². The molecule has 1 aromatic rings. The second kappa shape index (κ2) is 4.84. The lowest BCUT2D eigenvalue weighted by Gasteiger charge is -2.38. The van der Waals surface area contributed by atoms with Crippen LogP contribution in [0.2, 0.25) is 10.0 Å². The molecule has 0 aliphatic carbocycles. The summed E-state index contributed by atoms with van der Waals surface area (Å²) < 4.78 is 5.12. The summed E-state index contributed by atoms with van der Waals surface area (Å²) in [4.78, 5) is 11.9. The number of nitrogens with one attached hydrogen (secondary N) is 1. The van der Waals surface area contributed by atoms with E-state index in [0.29, 0.717) is 35.4 Å². The van der Waals surface area contributed by atoms with Crippen molar-refractivity contribution < 1.29 is 9.53 Å². The highest BCUT2D eigenvalue weighted by Crippen LogP contribution is 2.25. The Balaban J connectivity index is 1.99. The lowest BCUT2D eigenvalue weighted by molar-refractivity contribution is -0.0978. The van der Waals surface area contributed by atoms with Crippen LogP contribution in [0.1, 0.15) is 17.3 Å². The molecule has 5 heteroatoms. The van der Waals surface area contributed by atoms with E-state index in [0.717, 1.165) is 0 Å². The van der Waals surface area contributed by atoms with Gasteiger partial charge in [-0.1, -0.05) is 30.1 Å². The fourth-order valence-corrected chi connectivity index (χ4v) is 2.16. The monoisotopic (exact) mass is 273 g/mol. The number of halogens is 2. The molecule has 1 amide bonds. The van der Waals surface area contributed by atoms with Gasteiger partial charge in [0.2, 0.25) is 0 Å². The molecular formula is C12H13Cl2NO2. The second-order valence-electron chi connectivity index (χ2n) is 4.64. The van der Waals surface area contributed by atoms with E-state index in [9.17, 15) is 4.79 Å². The molecule has 0 saturated carbocycles. The number of carbonyl (C=O) groups is 1. The molecule has 0 spiro atoms. The molecule has 0 aromatic heterocycles. The Labute approximate surface area is 110 Å². The van der Waals surface area contributed by atoms with Gasteiger partial charge in [0.1, 0.15) is 0 Å². The molecule has 2 rings (SSSR count). The molecule has 1 heterocycles. The van der Waals surface area contributed by atoms with Crippen molar-refractivity contribution in [2.45, 2.75) is 6.92 Å². The van der Waals surface area contributed by atoms with Crippen molar-refractivity contribution in [1.82, 2.24) is 5.32 Å². The third-order valence-electron chi connectivity index (χ3n) is 2.70. The van der Waals surface area contributed by atoms with Gasteiger partial charge in [-0.05, 0) is 18.2 Å². The van der Waals surface area contributed by atoms with Crippen LogP contribution in [0.15, 0.2) is 18.2 Å². The summed E-state index contributed by atoms with van der Waals surface area (Å²) in [6.07, 6.45) is 0. The standard InChI is InChI=1S/C12H13Cl2NO2/c1-12(6-17-7-12)5-15-11(16)8-2-9(13)4-10(14)3-8/h2-4H,5-7H2,1H3,(H,15,16). The maximum atomic E-state index is 11.9. The third-order valence-corrected chi connectivity index (χ3v) is 3.14. The fraction of sp³-hybridized carbons (Fsp3) is 0.417. The van der Waals surface area contributed by atoms with E-state index < -0.39 is 0 Å². The van der Waals surface area contributed by atoms with Gasteiger partial charge in [0.15, 0.2) is 0 Å². The minimum Gasteiger partial charge on any atom is -0.380 e. The van der Waals surface area contributed by atoms with Crippen molar-refractivity contribution in [3.8, 4) is 0 Å². The van der Waals surface area contributed by atoms with E-state index in [-0.39, 0.29) is 11.3 Å². The van der Waals surface area contributed by atoms with Crippen molar-refractivity contribution in [2.75, 3.05) is 19.8 Å². The minimum absolute atomic E-state index is 0.0536. The highest BCUT2D eigenvalue weighted by atomic mass is 35.5. The van der Waals surface area contributed by atoms with E-state index in [2.05, 4.69) is 12.2 Å². The number of hydrogen-bond acceptors (Lipinski definition) is 2. The lowest BCUT2D eigenvalue weighted by Crippen LogP contribution is -2.48. The molecule has 3 nitrogen and oxygen atoms in total. The maximum Gasteiger partial charge on any atom is 0.251 e. The molecule has 1 aromatic carbocycles. The predicted molar refractivity (Wildman–Crippen MR) is 67.7 cm³/mol. The average molecular weight is 274 g/mol. The summed E-state index contributed by atoms with van der Waals surface area (Å²) >= 11 is 11.7. The first-order chi connectivity index (χ1) is 7.98. The third kappa shape index (κ3) is 3.12. The smallest absolute Gasteiger partial charge is 0.251 e. The number of rotatable bonds is 3. The Morgan fingerprint density at radius 3 is 2.41 bits per heavy atom. The number of hydrogen-bond donors (Lipinski definition) is 1. The number of carbonyl (C=O) groups excluding carboxylic acids is 1. The van der Waals surface area contributed by atoms with Crippen molar-refractivity contribution in [2.24, 2.45) is 5.41 Å². The van der Waals surface area contributed by atoms with Crippen LogP contribution < -0.4 is 5.32 Å². The van der Waals surface area contributed by atoms with E-state index in [1.54, 1.807) is 18.2 Å². The predicted octanol–water partition coefficient (Wildman–Crippen LogP) is 2.76. The highest BCUT2D eigenvalue weighted by molar-refractivity contribution is 6.35. The summed E-state index contributed by atoms with van der Waals surface area (Å²) in [5.74, 6) is -0.164.